The van der Waals surface area contributed by atoms with Gasteiger partial charge in [0.05, 0.1) is 6.26 Å². The van der Waals surface area contributed by atoms with Crippen LogP contribution >= 0.6 is 0 Å². The first-order valence-corrected chi connectivity index (χ1v) is 9.96. The molecule has 0 radical (unpaired) electrons. The van der Waals surface area contributed by atoms with Crippen LogP contribution in [-0.4, -0.2) is 26.0 Å². The third-order valence-corrected chi connectivity index (χ3v) is 5.33. The van der Waals surface area contributed by atoms with E-state index in [0.717, 1.165) is 17.6 Å². The summed E-state index contributed by atoms with van der Waals surface area (Å²) in [5.41, 5.74) is 2.98. The standard InChI is InChI=1S/C20H21NO3S/c1-21(25(2,22)23)20-18(13-12-16-8-4-3-5-9-16)15-14-17-10-6-7-11-19(17)24-20/h3-11,14-15H,12-13H2,1-2H3. The summed E-state index contributed by atoms with van der Waals surface area (Å²) in [5.74, 6) is 1.01. The molecule has 3 rings (SSSR count). The number of para-hydroxylation sites is 1. The topological polar surface area (TPSA) is 46.6 Å². The Morgan fingerprint density at radius 2 is 1.60 bits per heavy atom. The van der Waals surface area contributed by atoms with E-state index in [4.69, 9.17) is 4.74 Å². The Balaban J connectivity index is 1.97. The summed E-state index contributed by atoms with van der Waals surface area (Å²) in [4.78, 5) is 0. The predicted octanol–water partition coefficient (Wildman–Crippen LogP) is 3.83. The lowest BCUT2D eigenvalue weighted by atomic mass is 10.0. The summed E-state index contributed by atoms with van der Waals surface area (Å²) in [6, 6.07) is 17.7. The lowest BCUT2D eigenvalue weighted by Gasteiger charge is -2.22. The van der Waals surface area contributed by atoms with Crippen LogP contribution in [0, 0.1) is 0 Å². The SMILES string of the molecule is CN(C1=C(CCc2ccccc2)C=Cc2ccccc2O1)S(C)(=O)=O. The number of sulfonamides is 1. The van der Waals surface area contributed by atoms with E-state index in [2.05, 4.69) is 12.1 Å². The highest BCUT2D eigenvalue weighted by molar-refractivity contribution is 7.88. The molecule has 25 heavy (non-hydrogen) atoms. The van der Waals surface area contributed by atoms with E-state index < -0.39 is 10.0 Å². The third kappa shape index (κ3) is 4.12. The molecular formula is C20H21NO3S. The maximum absolute atomic E-state index is 12.1. The van der Waals surface area contributed by atoms with Gasteiger partial charge in [0, 0.05) is 18.2 Å². The number of rotatable bonds is 5. The highest BCUT2D eigenvalue weighted by Gasteiger charge is 2.22. The molecule has 0 atom stereocenters. The van der Waals surface area contributed by atoms with Crippen LogP contribution < -0.4 is 4.74 Å². The minimum Gasteiger partial charge on any atom is -0.439 e. The van der Waals surface area contributed by atoms with E-state index in [1.165, 1.54) is 23.2 Å². The zero-order valence-corrected chi connectivity index (χ0v) is 15.2. The third-order valence-electron chi connectivity index (χ3n) is 4.17. The highest BCUT2D eigenvalue weighted by Crippen LogP contribution is 2.30. The van der Waals surface area contributed by atoms with Crippen molar-refractivity contribution in [3.63, 3.8) is 0 Å². The number of nitrogens with zero attached hydrogens (tertiary/aromatic N) is 1. The smallest absolute Gasteiger partial charge is 0.234 e. The molecule has 5 heteroatoms. The quantitative estimate of drug-likeness (QED) is 0.819. The van der Waals surface area contributed by atoms with Crippen molar-refractivity contribution in [2.24, 2.45) is 0 Å². The number of hydrogen-bond donors (Lipinski definition) is 0. The molecule has 0 bridgehead atoms. The summed E-state index contributed by atoms with van der Waals surface area (Å²) in [6.07, 6.45) is 6.59. The molecule has 0 saturated heterocycles. The van der Waals surface area contributed by atoms with Gasteiger partial charge in [-0.15, -0.1) is 0 Å². The first-order chi connectivity index (χ1) is 11.9. The minimum atomic E-state index is -3.42. The maximum Gasteiger partial charge on any atom is 0.234 e. The lowest BCUT2D eigenvalue weighted by Crippen LogP contribution is -2.29. The Kier molecular flexibility index (Phi) is 4.95. The summed E-state index contributed by atoms with van der Waals surface area (Å²) in [6.45, 7) is 0. The fraction of sp³-hybridized carbons (Fsp3) is 0.200. The van der Waals surface area contributed by atoms with Crippen LogP contribution in [0.15, 0.2) is 72.1 Å². The van der Waals surface area contributed by atoms with Crippen molar-refractivity contribution >= 4 is 16.1 Å². The van der Waals surface area contributed by atoms with Gasteiger partial charge in [-0.25, -0.2) is 12.7 Å². The van der Waals surface area contributed by atoms with Gasteiger partial charge in [-0.1, -0.05) is 60.7 Å². The van der Waals surface area contributed by atoms with Crippen LogP contribution in [0.1, 0.15) is 17.5 Å². The average molecular weight is 355 g/mol. The number of ether oxygens (including phenoxy) is 1. The Hall–Kier alpha value is -2.53. The molecule has 2 aromatic carbocycles. The second-order valence-electron chi connectivity index (χ2n) is 6.02. The largest absolute Gasteiger partial charge is 0.439 e. The fourth-order valence-corrected chi connectivity index (χ4v) is 3.13. The predicted molar refractivity (Wildman–Crippen MR) is 100 cm³/mol. The molecule has 0 unspecified atom stereocenters. The van der Waals surface area contributed by atoms with Crippen molar-refractivity contribution in [1.82, 2.24) is 4.31 Å². The van der Waals surface area contributed by atoms with E-state index in [9.17, 15) is 8.42 Å². The molecule has 130 valence electrons. The van der Waals surface area contributed by atoms with Gasteiger partial charge < -0.3 is 4.74 Å². The normalized spacial score (nSPS) is 13.8. The molecule has 0 amide bonds. The van der Waals surface area contributed by atoms with Gasteiger partial charge in [0.15, 0.2) is 0 Å². The summed E-state index contributed by atoms with van der Waals surface area (Å²) >= 11 is 0. The van der Waals surface area contributed by atoms with Crippen molar-refractivity contribution in [3.8, 4) is 5.75 Å². The zero-order valence-electron chi connectivity index (χ0n) is 14.3. The maximum atomic E-state index is 12.1. The number of aryl methyl sites for hydroxylation is 1. The van der Waals surface area contributed by atoms with Crippen LogP contribution in [0.2, 0.25) is 0 Å². The van der Waals surface area contributed by atoms with Crippen molar-refractivity contribution in [2.45, 2.75) is 12.8 Å². The summed E-state index contributed by atoms with van der Waals surface area (Å²) in [7, 11) is -1.90. The first kappa shape index (κ1) is 17.3. The van der Waals surface area contributed by atoms with Crippen LogP contribution in [0.3, 0.4) is 0 Å². The van der Waals surface area contributed by atoms with E-state index >= 15 is 0 Å². The van der Waals surface area contributed by atoms with Crippen molar-refractivity contribution in [2.75, 3.05) is 13.3 Å². The second kappa shape index (κ2) is 7.15. The first-order valence-electron chi connectivity index (χ1n) is 8.11. The molecule has 0 aliphatic carbocycles. The molecule has 0 N–H and O–H groups in total. The van der Waals surface area contributed by atoms with E-state index in [1.807, 2.05) is 54.6 Å². The van der Waals surface area contributed by atoms with Gasteiger partial charge in [0.25, 0.3) is 0 Å². The van der Waals surface area contributed by atoms with Crippen LogP contribution in [0.4, 0.5) is 0 Å². The van der Waals surface area contributed by atoms with Crippen molar-refractivity contribution < 1.29 is 13.2 Å². The average Bonchev–Trinajstić information content (AvgIpc) is 2.79. The van der Waals surface area contributed by atoms with Gasteiger partial charge in [0.1, 0.15) is 5.75 Å². The van der Waals surface area contributed by atoms with Crippen molar-refractivity contribution in [3.05, 3.63) is 83.3 Å². The molecule has 1 heterocycles. The Labute approximate surface area is 149 Å². The van der Waals surface area contributed by atoms with Gasteiger partial charge >= 0.3 is 0 Å². The number of benzene rings is 2. The Morgan fingerprint density at radius 3 is 2.32 bits per heavy atom. The molecule has 0 aromatic heterocycles. The number of allylic oxidation sites excluding steroid dienone is 2. The van der Waals surface area contributed by atoms with Crippen molar-refractivity contribution in [1.29, 1.82) is 0 Å². The van der Waals surface area contributed by atoms with Gasteiger partial charge in [0.2, 0.25) is 15.9 Å². The lowest BCUT2D eigenvalue weighted by molar-refractivity contribution is 0.317. The molecule has 0 spiro atoms. The second-order valence-corrected chi connectivity index (χ2v) is 8.03. The molecular weight excluding hydrogens is 334 g/mol. The monoisotopic (exact) mass is 355 g/mol. The highest BCUT2D eigenvalue weighted by atomic mass is 32.2. The van der Waals surface area contributed by atoms with E-state index in [0.29, 0.717) is 18.1 Å². The summed E-state index contributed by atoms with van der Waals surface area (Å²) < 4.78 is 31.3. The molecule has 0 saturated carbocycles. The minimum absolute atomic E-state index is 0.361. The number of hydrogen-bond acceptors (Lipinski definition) is 3. The molecule has 0 fully saturated rings. The van der Waals surface area contributed by atoms with E-state index in [-0.39, 0.29) is 0 Å². The molecule has 1 aliphatic rings. The molecule has 4 nitrogen and oxygen atoms in total. The number of fused-ring (bicyclic) bond motifs is 1. The Morgan fingerprint density at radius 1 is 0.920 bits per heavy atom. The van der Waals surface area contributed by atoms with Crippen LogP contribution in [0.5, 0.6) is 5.75 Å². The zero-order chi connectivity index (χ0) is 17.9. The Bertz CT molecular complexity index is 915. The van der Waals surface area contributed by atoms with Crippen LogP contribution in [-0.2, 0) is 16.4 Å². The van der Waals surface area contributed by atoms with Gasteiger partial charge in [-0.05, 0) is 24.5 Å². The van der Waals surface area contributed by atoms with E-state index in [1.54, 1.807) is 0 Å². The molecule has 1 aliphatic heterocycles. The fourth-order valence-electron chi connectivity index (χ4n) is 2.67. The van der Waals surface area contributed by atoms with Gasteiger partial charge in [-0.2, -0.15) is 0 Å². The van der Waals surface area contributed by atoms with Crippen LogP contribution in [0.25, 0.3) is 6.08 Å². The van der Waals surface area contributed by atoms with Gasteiger partial charge in [-0.3, -0.25) is 0 Å². The summed E-state index contributed by atoms with van der Waals surface area (Å²) in [5, 5.41) is 0. The molecule has 2 aromatic rings.